The molecule has 1 fully saturated rings. The van der Waals surface area contributed by atoms with Crippen molar-refractivity contribution in [1.82, 2.24) is 4.90 Å². The Hall–Kier alpha value is -1.59. The Kier molecular flexibility index (Phi) is 5.38. The molecule has 1 N–H and O–H groups in total. The summed E-state index contributed by atoms with van der Waals surface area (Å²) in [5.41, 5.74) is 0.211. The lowest BCUT2D eigenvalue weighted by Crippen LogP contribution is -2.33. The molecule has 0 aliphatic heterocycles. The zero-order chi connectivity index (χ0) is 14.4. The smallest absolute Gasteiger partial charge is 0.339 e. The van der Waals surface area contributed by atoms with Crippen LogP contribution in [0.4, 0.5) is 0 Å². The van der Waals surface area contributed by atoms with Crippen molar-refractivity contribution in [1.29, 1.82) is 0 Å². The first-order valence-corrected chi connectivity index (χ1v) is 6.90. The molecule has 0 radical (unpaired) electrons. The number of benzene rings is 1. The number of hydrogen-bond donors (Lipinski definition) is 1. The monoisotopic (exact) mass is 279 g/mol. The van der Waals surface area contributed by atoms with Gasteiger partial charge in [0, 0.05) is 26.2 Å². The van der Waals surface area contributed by atoms with Crippen LogP contribution in [0, 0.1) is 0 Å². The van der Waals surface area contributed by atoms with Gasteiger partial charge in [-0.25, -0.2) is 4.79 Å². The Balaban J connectivity index is 1.83. The lowest BCUT2D eigenvalue weighted by atomic mass is 10.2. The van der Waals surface area contributed by atoms with Crippen LogP contribution in [-0.4, -0.2) is 55.4 Å². The van der Waals surface area contributed by atoms with Crippen LogP contribution < -0.4 is 4.74 Å². The third-order valence-corrected chi connectivity index (χ3v) is 3.40. The number of methoxy groups -OCH3 is 1. The lowest BCUT2D eigenvalue weighted by Gasteiger charge is -2.21. The van der Waals surface area contributed by atoms with Crippen LogP contribution in [-0.2, 0) is 4.74 Å². The SMILES string of the molecule is COCCN(CCOc1ccccc1C(=O)O)C1CC1. The van der Waals surface area contributed by atoms with Crippen LogP contribution in [0.1, 0.15) is 23.2 Å². The Morgan fingerprint density at radius 3 is 2.65 bits per heavy atom. The van der Waals surface area contributed by atoms with Gasteiger partial charge in [-0.3, -0.25) is 4.90 Å². The lowest BCUT2D eigenvalue weighted by molar-refractivity contribution is 0.0691. The minimum absolute atomic E-state index is 0.211. The maximum absolute atomic E-state index is 11.1. The summed E-state index contributed by atoms with van der Waals surface area (Å²) in [6.45, 7) is 2.89. The van der Waals surface area contributed by atoms with Crippen LogP contribution in [0.2, 0.25) is 0 Å². The van der Waals surface area contributed by atoms with Crippen molar-refractivity contribution < 1.29 is 19.4 Å². The number of para-hydroxylation sites is 1. The van der Waals surface area contributed by atoms with E-state index in [1.54, 1.807) is 31.4 Å². The molecular formula is C15H21NO4. The highest BCUT2D eigenvalue weighted by atomic mass is 16.5. The molecule has 0 amide bonds. The van der Waals surface area contributed by atoms with Gasteiger partial charge in [-0.2, -0.15) is 0 Å². The predicted molar refractivity (Wildman–Crippen MR) is 75.4 cm³/mol. The molecule has 1 aliphatic carbocycles. The van der Waals surface area contributed by atoms with Gasteiger partial charge < -0.3 is 14.6 Å². The van der Waals surface area contributed by atoms with Crippen molar-refractivity contribution >= 4 is 5.97 Å². The van der Waals surface area contributed by atoms with Gasteiger partial charge in [0.1, 0.15) is 17.9 Å². The van der Waals surface area contributed by atoms with E-state index in [4.69, 9.17) is 14.6 Å². The number of carboxylic acids is 1. The topological polar surface area (TPSA) is 59.0 Å². The summed E-state index contributed by atoms with van der Waals surface area (Å²) in [6.07, 6.45) is 2.46. The van der Waals surface area contributed by atoms with E-state index in [0.29, 0.717) is 25.0 Å². The summed E-state index contributed by atoms with van der Waals surface area (Å²) < 4.78 is 10.7. The minimum atomic E-state index is -0.959. The molecule has 0 spiro atoms. The highest BCUT2D eigenvalue weighted by Gasteiger charge is 2.28. The first-order chi connectivity index (χ1) is 9.72. The molecular weight excluding hydrogens is 258 g/mol. The molecule has 1 saturated carbocycles. The molecule has 1 aliphatic rings. The van der Waals surface area contributed by atoms with E-state index >= 15 is 0 Å². The Labute approximate surface area is 119 Å². The fraction of sp³-hybridized carbons (Fsp3) is 0.533. The van der Waals surface area contributed by atoms with E-state index in [0.717, 1.165) is 13.1 Å². The minimum Gasteiger partial charge on any atom is -0.491 e. The van der Waals surface area contributed by atoms with Crippen LogP contribution in [0.25, 0.3) is 0 Å². The maximum Gasteiger partial charge on any atom is 0.339 e. The molecule has 1 aromatic rings. The van der Waals surface area contributed by atoms with Gasteiger partial charge in [0.15, 0.2) is 0 Å². The largest absolute Gasteiger partial charge is 0.491 e. The fourth-order valence-electron chi connectivity index (χ4n) is 2.17. The van der Waals surface area contributed by atoms with Crippen molar-refractivity contribution in [2.24, 2.45) is 0 Å². The molecule has 0 atom stereocenters. The molecule has 5 heteroatoms. The van der Waals surface area contributed by atoms with Gasteiger partial charge in [-0.15, -0.1) is 0 Å². The number of ether oxygens (including phenoxy) is 2. The molecule has 1 aromatic carbocycles. The first kappa shape index (κ1) is 14.8. The average Bonchev–Trinajstić information content (AvgIpc) is 3.27. The number of nitrogens with zero attached hydrogens (tertiary/aromatic N) is 1. The normalized spacial score (nSPS) is 14.5. The van der Waals surface area contributed by atoms with Crippen LogP contribution in [0.5, 0.6) is 5.75 Å². The van der Waals surface area contributed by atoms with E-state index in [-0.39, 0.29) is 5.56 Å². The first-order valence-electron chi connectivity index (χ1n) is 6.90. The van der Waals surface area contributed by atoms with Gasteiger partial charge in [-0.1, -0.05) is 12.1 Å². The van der Waals surface area contributed by atoms with Gasteiger partial charge in [0.05, 0.1) is 6.61 Å². The van der Waals surface area contributed by atoms with Gasteiger partial charge >= 0.3 is 5.97 Å². The van der Waals surface area contributed by atoms with E-state index in [1.807, 2.05) is 0 Å². The maximum atomic E-state index is 11.1. The zero-order valence-corrected chi connectivity index (χ0v) is 11.7. The highest BCUT2D eigenvalue weighted by Crippen LogP contribution is 2.26. The Morgan fingerprint density at radius 1 is 1.30 bits per heavy atom. The summed E-state index contributed by atoms with van der Waals surface area (Å²) in [5.74, 6) is -0.526. The van der Waals surface area contributed by atoms with Crippen molar-refractivity contribution in [3.8, 4) is 5.75 Å². The Bertz CT molecular complexity index is 445. The summed E-state index contributed by atoms with van der Waals surface area (Å²) in [4.78, 5) is 13.4. The van der Waals surface area contributed by atoms with E-state index < -0.39 is 5.97 Å². The molecule has 0 unspecified atom stereocenters. The second kappa shape index (κ2) is 7.26. The average molecular weight is 279 g/mol. The molecule has 110 valence electrons. The third kappa shape index (κ3) is 4.21. The standard InChI is InChI=1S/C15H21NO4/c1-19-10-8-16(12-6-7-12)9-11-20-14-5-3-2-4-13(14)15(17)18/h2-5,12H,6-11H2,1H3,(H,17,18). The number of rotatable bonds is 9. The summed E-state index contributed by atoms with van der Waals surface area (Å²) in [5, 5.41) is 9.08. The molecule has 0 bridgehead atoms. The molecule has 0 heterocycles. The quantitative estimate of drug-likeness (QED) is 0.748. The fourth-order valence-corrected chi connectivity index (χ4v) is 2.17. The van der Waals surface area contributed by atoms with E-state index in [2.05, 4.69) is 4.90 Å². The number of carbonyl (C=O) groups is 1. The van der Waals surface area contributed by atoms with Crippen LogP contribution in [0.15, 0.2) is 24.3 Å². The van der Waals surface area contributed by atoms with E-state index in [9.17, 15) is 4.79 Å². The van der Waals surface area contributed by atoms with Gasteiger partial charge in [-0.05, 0) is 25.0 Å². The molecule has 0 saturated heterocycles. The number of hydrogen-bond acceptors (Lipinski definition) is 4. The van der Waals surface area contributed by atoms with Crippen molar-refractivity contribution in [2.75, 3.05) is 33.4 Å². The Morgan fingerprint density at radius 2 is 2.00 bits per heavy atom. The molecule has 0 aromatic heterocycles. The summed E-state index contributed by atoms with van der Waals surface area (Å²) in [7, 11) is 1.70. The molecule has 5 nitrogen and oxygen atoms in total. The number of carboxylic acid groups (broad SMARTS) is 1. The second-order valence-electron chi connectivity index (χ2n) is 4.91. The predicted octanol–water partition coefficient (Wildman–Crippen LogP) is 1.87. The highest BCUT2D eigenvalue weighted by molar-refractivity contribution is 5.90. The van der Waals surface area contributed by atoms with Crippen molar-refractivity contribution in [2.45, 2.75) is 18.9 Å². The second-order valence-corrected chi connectivity index (χ2v) is 4.91. The molecule has 2 rings (SSSR count). The van der Waals surface area contributed by atoms with Gasteiger partial charge in [0.25, 0.3) is 0 Å². The van der Waals surface area contributed by atoms with E-state index in [1.165, 1.54) is 12.8 Å². The van der Waals surface area contributed by atoms with Crippen LogP contribution >= 0.6 is 0 Å². The van der Waals surface area contributed by atoms with Gasteiger partial charge in [0.2, 0.25) is 0 Å². The summed E-state index contributed by atoms with van der Waals surface area (Å²) >= 11 is 0. The van der Waals surface area contributed by atoms with Crippen molar-refractivity contribution in [3.63, 3.8) is 0 Å². The zero-order valence-electron chi connectivity index (χ0n) is 11.7. The number of aromatic carboxylic acids is 1. The van der Waals surface area contributed by atoms with Crippen molar-refractivity contribution in [3.05, 3.63) is 29.8 Å². The van der Waals surface area contributed by atoms with Crippen LogP contribution in [0.3, 0.4) is 0 Å². The third-order valence-electron chi connectivity index (χ3n) is 3.40. The molecule has 20 heavy (non-hydrogen) atoms. The summed E-state index contributed by atoms with van der Waals surface area (Å²) in [6, 6.07) is 7.38.